The van der Waals surface area contributed by atoms with Crippen molar-refractivity contribution in [2.24, 2.45) is 0 Å². The minimum Gasteiger partial charge on any atom is -0.492 e. The lowest BCUT2D eigenvalue weighted by Gasteiger charge is -2.05. The van der Waals surface area contributed by atoms with Crippen molar-refractivity contribution in [3.63, 3.8) is 0 Å². The molecule has 3 heteroatoms. The van der Waals surface area contributed by atoms with Crippen LogP contribution >= 0.6 is 15.9 Å². The molecule has 0 aliphatic rings. The Hall–Kier alpha value is -0.700. The molecule has 0 aliphatic heterocycles. The molecule has 0 fully saturated rings. The van der Waals surface area contributed by atoms with Crippen LogP contribution in [-0.2, 0) is 0 Å². The van der Waals surface area contributed by atoms with Gasteiger partial charge in [0.25, 0.3) is 0 Å². The number of halogens is 1. The minimum absolute atomic E-state index is 0.645. The highest BCUT2D eigenvalue weighted by atomic mass is 79.9. The van der Waals surface area contributed by atoms with E-state index in [4.69, 9.17) is 10.5 Å². The summed E-state index contributed by atoms with van der Waals surface area (Å²) in [7, 11) is 0. The Morgan fingerprint density at radius 2 is 2.27 bits per heavy atom. The van der Waals surface area contributed by atoms with Crippen molar-refractivity contribution in [3.8, 4) is 5.75 Å². The van der Waals surface area contributed by atoms with E-state index in [0.29, 0.717) is 12.3 Å². The fourth-order valence-corrected chi connectivity index (χ4v) is 1.19. The maximum absolute atomic E-state index is 5.65. The van der Waals surface area contributed by atoms with Gasteiger partial charge in [0, 0.05) is 4.47 Å². The summed E-state index contributed by atoms with van der Waals surface area (Å²) in [5, 5.41) is 0. The van der Waals surface area contributed by atoms with Gasteiger partial charge in [-0.25, -0.2) is 0 Å². The van der Waals surface area contributed by atoms with Crippen LogP contribution in [0, 0.1) is 0 Å². The van der Waals surface area contributed by atoms with E-state index < -0.39 is 0 Å². The van der Waals surface area contributed by atoms with Gasteiger partial charge in [-0.1, -0.05) is 15.9 Å². The number of rotatable bonds is 2. The molecule has 0 atom stereocenters. The first kappa shape index (κ1) is 8.40. The largest absolute Gasteiger partial charge is 0.492 e. The van der Waals surface area contributed by atoms with Crippen LogP contribution in [0.4, 0.5) is 5.69 Å². The van der Waals surface area contributed by atoms with Crippen molar-refractivity contribution in [1.82, 2.24) is 0 Å². The molecule has 0 aromatic heterocycles. The third-order valence-corrected chi connectivity index (χ3v) is 1.76. The van der Waals surface area contributed by atoms with Crippen molar-refractivity contribution in [1.29, 1.82) is 0 Å². The molecule has 0 heterocycles. The SMILES string of the molecule is CCOc1ccc(Br)cc1N. The van der Waals surface area contributed by atoms with Gasteiger partial charge in [-0.2, -0.15) is 0 Å². The van der Waals surface area contributed by atoms with Crippen LogP contribution in [0.3, 0.4) is 0 Å². The zero-order chi connectivity index (χ0) is 8.27. The van der Waals surface area contributed by atoms with E-state index in [0.717, 1.165) is 10.2 Å². The normalized spacial score (nSPS) is 9.64. The Morgan fingerprint density at radius 1 is 1.55 bits per heavy atom. The Balaban J connectivity index is 2.90. The number of hydrogen-bond donors (Lipinski definition) is 1. The lowest BCUT2D eigenvalue weighted by molar-refractivity contribution is 0.342. The average Bonchev–Trinajstić information content (AvgIpc) is 1.95. The van der Waals surface area contributed by atoms with Gasteiger partial charge in [-0.3, -0.25) is 0 Å². The fraction of sp³-hybridized carbons (Fsp3) is 0.250. The summed E-state index contributed by atoms with van der Waals surface area (Å²) in [5.74, 6) is 0.746. The first-order valence-corrected chi connectivity index (χ1v) is 4.21. The van der Waals surface area contributed by atoms with Crippen LogP contribution in [0.25, 0.3) is 0 Å². The van der Waals surface area contributed by atoms with Crippen LogP contribution < -0.4 is 10.5 Å². The molecule has 11 heavy (non-hydrogen) atoms. The summed E-state index contributed by atoms with van der Waals surface area (Å²) < 4.78 is 6.22. The number of nitrogens with two attached hydrogens (primary N) is 1. The Bertz CT molecular complexity index is 250. The molecule has 0 spiro atoms. The molecule has 0 unspecified atom stereocenters. The second-order valence-electron chi connectivity index (χ2n) is 2.12. The van der Waals surface area contributed by atoms with Crippen LogP contribution in [0.5, 0.6) is 5.75 Å². The fourth-order valence-electron chi connectivity index (χ4n) is 0.806. The number of anilines is 1. The van der Waals surface area contributed by atoms with Gasteiger partial charge in [0.15, 0.2) is 0 Å². The highest BCUT2D eigenvalue weighted by Crippen LogP contribution is 2.24. The predicted octanol–water partition coefficient (Wildman–Crippen LogP) is 2.43. The number of ether oxygens (including phenoxy) is 1. The molecule has 0 saturated carbocycles. The van der Waals surface area contributed by atoms with Gasteiger partial charge in [0.1, 0.15) is 5.75 Å². The molecule has 0 amide bonds. The lowest BCUT2D eigenvalue weighted by Crippen LogP contribution is -1.96. The van der Waals surface area contributed by atoms with Crippen molar-refractivity contribution >= 4 is 21.6 Å². The quantitative estimate of drug-likeness (QED) is 0.770. The first-order chi connectivity index (χ1) is 5.24. The summed E-state index contributed by atoms with van der Waals surface area (Å²) in [6.07, 6.45) is 0. The minimum atomic E-state index is 0.645. The second-order valence-corrected chi connectivity index (χ2v) is 3.03. The van der Waals surface area contributed by atoms with Crippen LogP contribution in [0.1, 0.15) is 6.92 Å². The summed E-state index contributed by atoms with van der Waals surface area (Å²) in [4.78, 5) is 0. The number of nitrogen functional groups attached to an aromatic ring is 1. The molecule has 0 radical (unpaired) electrons. The summed E-state index contributed by atoms with van der Waals surface area (Å²) in [6, 6.07) is 5.58. The van der Waals surface area contributed by atoms with E-state index in [9.17, 15) is 0 Å². The molecule has 0 bridgehead atoms. The van der Waals surface area contributed by atoms with Gasteiger partial charge in [-0.15, -0.1) is 0 Å². The molecule has 1 aromatic carbocycles. The summed E-state index contributed by atoms with van der Waals surface area (Å²) >= 11 is 3.31. The first-order valence-electron chi connectivity index (χ1n) is 3.42. The Morgan fingerprint density at radius 3 is 2.82 bits per heavy atom. The molecule has 60 valence electrons. The van der Waals surface area contributed by atoms with E-state index in [1.807, 2.05) is 25.1 Å². The third kappa shape index (κ3) is 2.12. The molecule has 0 saturated heterocycles. The average molecular weight is 216 g/mol. The Labute approximate surface area is 74.5 Å². The molecule has 2 nitrogen and oxygen atoms in total. The topological polar surface area (TPSA) is 35.2 Å². The summed E-state index contributed by atoms with van der Waals surface area (Å²) in [6.45, 7) is 2.58. The molecule has 1 aromatic rings. The van der Waals surface area contributed by atoms with Gasteiger partial charge >= 0.3 is 0 Å². The van der Waals surface area contributed by atoms with Gasteiger partial charge in [-0.05, 0) is 25.1 Å². The predicted molar refractivity (Wildman–Crippen MR) is 49.7 cm³/mol. The maximum Gasteiger partial charge on any atom is 0.142 e. The number of hydrogen-bond acceptors (Lipinski definition) is 2. The molecular weight excluding hydrogens is 206 g/mol. The highest BCUT2D eigenvalue weighted by molar-refractivity contribution is 9.10. The van der Waals surface area contributed by atoms with Crippen molar-refractivity contribution in [2.45, 2.75) is 6.92 Å². The maximum atomic E-state index is 5.65. The van der Waals surface area contributed by atoms with Crippen molar-refractivity contribution in [3.05, 3.63) is 22.7 Å². The number of benzene rings is 1. The lowest BCUT2D eigenvalue weighted by atomic mass is 10.3. The zero-order valence-corrected chi connectivity index (χ0v) is 7.89. The van der Waals surface area contributed by atoms with E-state index >= 15 is 0 Å². The van der Waals surface area contributed by atoms with Crippen LogP contribution in [-0.4, -0.2) is 6.61 Å². The zero-order valence-electron chi connectivity index (χ0n) is 6.30. The second kappa shape index (κ2) is 3.62. The highest BCUT2D eigenvalue weighted by Gasteiger charge is 1.98. The van der Waals surface area contributed by atoms with Gasteiger partial charge in [0.05, 0.1) is 12.3 Å². The van der Waals surface area contributed by atoms with Crippen molar-refractivity contribution in [2.75, 3.05) is 12.3 Å². The summed E-state index contributed by atoms with van der Waals surface area (Å²) in [5.41, 5.74) is 6.32. The third-order valence-electron chi connectivity index (χ3n) is 1.27. The standard InChI is InChI=1S/C8H10BrNO/c1-2-11-8-4-3-6(9)5-7(8)10/h3-5H,2,10H2,1H3. The molecule has 0 aliphatic carbocycles. The van der Waals surface area contributed by atoms with Crippen molar-refractivity contribution < 1.29 is 4.74 Å². The monoisotopic (exact) mass is 215 g/mol. The van der Waals surface area contributed by atoms with Crippen LogP contribution in [0.15, 0.2) is 22.7 Å². The smallest absolute Gasteiger partial charge is 0.142 e. The molecular formula is C8H10BrNO. The van der Waals surface area contributed by atoms with Gasteiger partial charge in [0.2, 0.25) is 0 Å². The molecule has 1 rings (SSSR count). The van der Waals surface area contributed by atoms with E-state index in [1.165, 1.54) is 0 Å². The van der Waals surface area contributed by atoms with E-state index in [2.05, 4.69) is 15.9 Å². The van der Waals surface area contributed by atoms with Crippen LogP contribution in [0.2, 0.25) is 0 Å². The Kier molecular flexibility index (Phi) is 2.76. The van der Waals surface area contributed by atoms with E-state index in [-0.39, 0.29) is 0 Å². The van der Waals surface area contributed by atoms with Gasteiger partial charge < -0.3 is 10.5 Å². The molecule has 2 N–H and O–H groups in total. The van der Waals surface area contributed by atoms with E-state index in [1.54, 1.807) is 0 Å².